The molecule has 1 aromatic rings. The first-order valence-corrected chi connectivity index (χ1v) is 6.69. The summed E-state index contributed by atoms with van der Waals surface area (Å²) in [4.78, 5) is 23.3. The van der Waals surface area contributed by atoms with E-state index in [1.165, 1.54) is 4.68 Å². The average molecular weight is 298 g/mol. The molecular formula is C12H18N4O5. The van der Waals surface area contributed by atoms with Crippen molar-refractivity contribution >= 4 is 11.7 Å². The summed E-state index contributed by atoms with van der Waals surface area (Å²) >= 11 is 0. The van der Waals surface area contributed by atoms with Crippen LogP contribution < -0.4 is 0 Å². The smallest absolute Gasteiger partial charge is 0.363 e. The van der Waals surface area contributed by atoms with Crippen LogP contribution in [0.25, 0.3) is 0 Å². The van der Waals surface area contributed by atoms with Crippen LogP contribution in [0.4, 0.5) is 5.69 Å². The molecule has 1 unspecified atom stereocenters. The van der Waals surface area contributed by atoms with Crippen LogP contribution in [-0.4, -0.2) is 62.5 Å². The molecule has 1 atom stereocenters. The molecule has 9 heteroatoms. The number of morpholine rings is 1. The molecule has 116 valence electrons. The van der Waals surface area contributed by atoms with E-state index in [-0.39, 0.29) is 12.6 Å². The molecule has 9 nitrogen and oxygen atoms in total. The minimum Gasteiger partial charge on any atom is -0.476 e. The number of carbonyl (C=O) groups is 1. The lowest BCUT2D eigenvalue weighted by Crippen LogP contribution is -2.47. The van der Waals surface area contributed by atoms with Gasteiger partial charge in [0.05, 0.1) is 24.2 Å². The van der Waals surface area contributed by atoms with Crippen molar-refractivity contribution in [1.82, 2.24) is 14.7 Å². The van der Waals surface area contributed by atoms with E-state index in [0.29, 0.717) is 19.2 Å². The Bertz CT molecular complexity index is 510. The highest BCUT2D eigenvalue weighted by molar-refractivity contribution is 5.89. The fourth-order valence-electron chi connectivity index (χ4n) is 2.32. The maximum atomic E-state index is 11.0. The molecule has 2 rings (SSSR count). The van der Waals surface area contributed by atoms with Gasteiger partial charge in [-0.15, -0.1) is 0 Å². The van der Waals surface area contributed by atoms with E-state index in [1.807, 2.05) is 0 Å². The van der Waals surface area contributed by atoms with Gasteiger partial charge in [-0.05, 0) is 13.8 Å². The van der Waals surface area contributed by atoms with Crippen molar-refractivity contribution in [3.8, 4) is 0 Å². The van der Waals surface area contributed by atoms with Gasteiger partial charge in [0.2, 0.25) is 5.69 Å². The van der Waals surface area contributed by atoms with Crippen molar-refractivity contribution in [3.05, 3.63) is 22.0 Å². The number of aromatic nitrogens is 2. The predicted octanol–water partition coefficient (Wildman–Crippen LogP) is 0.599. The molecule has 0 radical (unpaired) electrons. The van der Waals surface area contributed by atoms with Gasteiger partial charge in [0, 0.05) is 19.1 Å². The minimum atomic E-state index is -1.41. The molecule has 1 fully saturated rings. The van der Waals surface area contributed by atoms with E-state index < -0.39 is 22.3 Å². The topological polar surface area (TPSA) is 111 Å². The van der Waals surface area contributed by atoms with E-state index in [0.717, 1.165) is 12.7 Å². The van der Waals surface area contributed by atoms with Crippen LogP contribution in [0.15, 0.2) is 6.20 Å². The van der Waals surface area contributed by atoms with Crippen molar-refractivity contribution in [3.63, 3.8) is 0 Å². The third-order valence-electron chi connectivity index (χ3n) is 3.43. The summed E-state index contributed by atoms with van der Waals surface area (Å²) in [5.41, 5.74) is -1.05. The Hall–Kier alpha value is -2.00. The molecule has 0 bridgehead atoms. The highest BCUT2D eigenvalue weighted by Gasteiger charge is 2.28. The van der Waals surface area contributed by atoms with Gasteiger partial charge in [0.15, 0.2) is 0 Å². The lowest BCUT2D eigenvalue weighted by atomic mass is 10.2. The molecule has 1 aliphatic rings. The fraction of sp³-hybridized carbons (Fsp3) is 0.667. The van der Waals surface area contributed by atoms with E-state index in [2.05, 4.69) is 23.8 Å². The number of carboxylic acid groups (broad SMARTS) is 1. The number of aromatic carboxylic acids is 1. The average Bonchev–Trinajstić information content (AvgIpc) is 2.83. The Morgan fingerprint density at radius 1 is 1.67 bits per heavy atom. The Morgan fingerprint density at radius 2 is 2.38 bits per heavy atom. The zero-order valence-electron chi connectivity index (χ0n) is 11.9. The van der Waals surface area contributed by atoms with Crippen LogP contribution in [0, 0.1) is 10.1 Å². The van der Waals surface area contributed by atoms with Crippen molar-refractivity contribution < 1.29 is 19.6 Å². The molecule has 0 aliphatic carbocycles. The molecular weight excluding hydrogens is 280 g/mol. The first-order chi connectivity index (χ1) is 9.88. The van der Waals surface area contributed by atoms with Crippen LogP contribution in [0.1, 0.15) is 24.3 Å². The van der Waals surface area contributed by atoms with Crippen molar-refractivity contribution in [1.29, 1.82) is 0 Å². The Kier molecular flexibility index (Phi) is 4.53. The van der Waals surface area contributed by atoms with Gasteiger partial charge < -0.3 is 9.84 Å². The van der Waals surface area contributed by atoms with Gasteiger partial charge in [-0.3, -0.25) is 19.7 Å². The molecule has 0 aromatic carbocycles. The maximum Gasteiger partial charge on any atom is 0.363 e. The van der Waals surface area contributed by atoms with Crippen LogP contribution in [0.3, 0.4) is 0 Å². The van der Waals surface area contributed by atoms with Gasteiger partial charge in [-0.25, -0.2) is 4.79 Å². The fourth-order valence-corrected chi connectivity index (χ4v) is 2.32. The highest BCUT2D eigenvalue weighted by atomic mass is 16.6. The van der Waals surface area contributed by atoms with Crippen LogP contribution in [-0.2, 0) is 11.3 Å². The summed E-state index contributed by atoms with van der Waals surface area (Å²) in [5, 5.41) is 23.5. The standard InChI is InChI=1S/C12H18N4O5/c1-8(2)14-3-4-21-9(5-14)6-15-7-10(16(19)20)11(13-15)12(17)18/h7-9H,3-6H2,1-2H3,(H,17,18). The minimum absolute atomic E-state index is 0.165. The number of carboxylic acids is 1. The molecule has 1 saturated heterocycles. The second kappa shape index (κ2) is 6.19. The number of ether oxygens (including phenoxy) is 1. The zero-order chi connectivity index (χ0) is 15.6. The Morgan fingerprint density at radius 3 is 2.90 bits per heavy atom. The van der Waals surface area contributed by atoms with Crippen LogP contribution >= 0.6 is 0 Å². The number of hydrogen-bond acceptors (Lipinski definition) is 6. The lowest BCUT2D eigenvalue weighted by molar-refractivity contribution is -0.385. The quantitative estimate of drug-likeness (QED) is 0.625. The molecule has 0 spiro atoms. The van der Waals surface area contributed by atoms with Crippen molar-refractivity contribution in [2.75, 3.05) is 19.7 Å². The zero-order valence-corrected chi connectivity index (χ0v) is 11.9. The van der Waals surface area contributed by atoms with Crippen molar-refractivity contribution in [2.45, 2.75) is 32.5 Å². The second-order valence-electron chi connectivity index (χ2n) is 5.23. The molecule has 1 N–H and O–H groups in total. The first kappa shape index (κ1) is 15.4. The van der Waals surface area contributed by atoms with E-state index in [1.54, 1.807) is 0 Å². The highest BCUT2D eigenvalue weighted by Crippen LogP contribution is 2.18. The van der Waals surface area contributed by atoms with Gasteiger partial charge in [-0.2, -0.15) is 5.10 Å². The maximum absolute atomic E-state index is 11.0. The molecule has 0 saturated carbocycles. The second-order valence-corrected chi connectivity index (χ2v) is 5.23. The lowest BCUT2D eigenvalue weighted by Gasteiger charge is -2.35. The van der Waals surface area contributed by atoms with E-state index >= 15 is 0 Å². The third kappa shape index (κ3) is 3.56. The van der Waals surface area contributed by atoms with Crippen molar-refractivity contribution in [2.24, 2.45) is 0 Å². The van der Waals surface area contributed by atoms with E-state index in [4.69, 9.17) is 9.84 Å². The molecule has 1 aromatic heterocycles. The number of hydrogen-bond donors (Lipinski definition) is 1. The predicted molar refractivity (Wildman–Crippen MR) is 72.3 cm³/mol. The summed E-state index contributed by atoms with van der Waals surface area (Å²) in [6, 6.07) is 0.387. The molecule has 1 aliphatic heterocycles. The Labute approximate surface area is 121 Å². The summed E-state index contributed by atoms with van der Waals surface area (Å²) in [7, 11) is 0. The summed E-state index contributed by atoms with van der Waals surface area (Å²) < 4.78 is 6.89. The van der Waals surface area contributed by atoms with E-state index in [9.17, 15) is 14.9 Å². The largest absolute Gasteiger partial charge is 0.476 e. The monoisotopic (exact) mass is 298 g/mol. The normalized spacial score (nSPS) is 19.9. The first-order valence-electron chi connectivity index (χ1n) is 6.69. The summed E-state index contributed by atoms with van der Waals surface area (Å²) in [6.45, 7) is 6.57. The van der Waals surface area contributed by atoms with Gasteiger partial charge in [-0.1, -0.05) is 0 Å². The SMILES string of the molecule is CC(C)N1CCOC(Cn2cc([N+](=O)[O-])c(C(=O)O)n2)C1. The molecule has 0 amide bonds. The van der Waals surface area contributed by atoms with Gasteiger partial charge >= 0.3 is 11.7 Å². The Balaban J connectivity index is 2.11. The third-order valence-corrected chi connectivity index (χ3v) is 3.43. The summed E-state index contributed by atoms with van der Waals surface area (Å²) in [6.07, 6.45) is 0.975. The number of rotatable bonds is 5. The van der Waals surface area contributed by atoms with Gasteiger partial charge in [0.25, 0.3) is 0 Å². The van der Waals surface area contributed by atoms with Crippen LogP contribution in [0.2, 0.25) is 0 Å². The molecule has 2 heterocycles. The van der Waals surface area contributed by atoms with Crippen LogP contribution in [0.5, 0.6) is 0 Å². The van der Waals surface area contributed by atoms with Gasteiger partial charge in [0.1, 0.15) is 6.20 Å². The summed E-state index contributed by atoms with van der Waals surface area (Å²) in [5.74, 6) is -1.41. The number of nitrogens with zero attached hydrogens (tertiary/aromatic N) is 4. The number of nitro groups is 1. The molecule has 21 heavy (non-hydrogen) atoms.